The zero-order valence-electron chi connectivity index (χ0n) is 11.1. The van der Waals surface area contributed by atoms with Gasteiger partial charge in [-0.3, -0.25) is 4.79 Å². The molecule has 0 spiro atoms. The van der Waals surface area contributed by atoms with Gasteiger partial charge in [-0.15, -0.1) is 0 Å². The summed E-state index contributed by atoms with van der Waals surface area (Å²) in [5.41, 5.74) is 0.978. The second kappa shape index (κ2) is 4.65. The maximum absolute atomic E-state index is 11.1. The average Bonchev–Trinajstić information content (AvgIpc) is 3.23. The molecule has 2 aliphatic rings. The predicted molar refractivity (Wildman–Crippen MR) is 74.7 cm³/mol. The molecule has 1 heterocycles. The summed E-state index contributed by atoms with van der Waals surface area (Å²) in [5.74, 6) is 1.20. The number of hydrogen-bond donors (Lipinski definition) is 0. The minimum atomic E-state index is 0.331. The highest BCUT2D eigenvalue weighted by atomic mass is 32.1. The molecule has 0 aliphatic heterocycles. The third-order valence-electron chi connectivity index (χ3n) is 3.71. The van der Waals surface area contributed by atoms with Crippen LogP contribution in [-0.2, 0) is 0 Å². The average molecular weight is 264 g/mol. The van der Waals surface area contributed by atoms with Gasteiger partial charge in [-0.2, -0.15) is 0 Å². The summed E-state index contributed by atoms with van der Waals surface area (Å²) >= 11 is 1.58. The standard InChI is InChI=1S/C14H20N2OS/c1-9(2)13-12(8-17)18-14(15-13)16(11-5-6-11)7-10-3-4-10/h8-11H,3-7H2,1-2H3. The summed E-state index contributed by atoms with van der Waals surface area (Å²) in [6, 6.07) is 0.691. The van der Waals surface area contributed by atoms with Gasteiger partial charge in [0, 0.05) is 12.6 Å². The molecule has 1 aromatic rings. The Balaban J connectivity index is 1.85. The van der Waals surface area contributed by atoms with E-state index in [1.54, 1.807) is 11.3 Å². The lowest BCUT2D eigenvalue weighted by atomic mass is 10.1. The van der Waals surface area contributed by atoms with Crippen LogP contribution in [0.15, 0.2) is 0 Å². The fraction of sp³-hybridized carbons (Fsp3) is 0.714. The maximum atomic E-state index is 11.1. The Labute approximate surface area is 112 Å². The van der Waals surface area contributed by atoms with Crippen molar-refractivity contribution in [1.29, 1.82) is 0 Å². The molecule has 2 saturated carbocycles. The molecule has 0 radical (unpaired) electrons. The van der Waals surface area contributed by atoms with Gasteiger partial charge in [0.15, 0.2) is 11.4 Å². The molecule has 98 valence electrons. The van der Waals surface area contributed by atoms with Crippen molar-refractivity contribution < 1.29 is 4.79 Å². The maximum Gasteiger partial charge on any atom is 0.186 e. The Morgan fingerprint density at radius 1 is 1.39 bits per heavy atom. The number of carbonyl (C=O) groups is 1. The first-order chi connectivity index (χ1) is 8.69. The van der Waals surface area contributed by atoms with E-state index in [2.05, 4.69) is 18.7 Å². The summed E-state index contributed by atoms with van der Waals surface area (Å²) in [6.07, 6.45) is 6.29. The Kier molecular flexibility index (Phi) is 3.14. The minimum Gasteiger partial charge on any atom is -0.345 e. The molecule has 0 saturated heterocycles. The summed E-state index contributed by atoms with van der Waals surface area (Å²) in [4.78, 5) is 19.2. The normalized spacial score (nSPS) is 19.3. The molecule has 4 heteroatoms. The summed E-state index contributed by atoms with van der Waals surface area (Å²) in [5, 5.41) is 1.08. The lowest BCUT2D eigenvalue weighted by Gasteiger charge is -2.21. The second-order valence-corrected chi connectivity index (χ2v) is 6.85. The Bertz CT molecular complexity index is 447. The first kappa shape index (κ1) is 12.2. The van der Waals surface area contributed by atoms with Gasteiger partial charge in [-0.25, -0.2) is 4.98 Å². The third-order valence-corrected chi connectivity index (χ3v) is 4.74. The molecule has 0 amide bonds. The van der Waals surface area contributed by atoms with E-state index in [4.69, 9.17) is 4.98 Å². The molecule has 2 fully saturated rings. The molecule has 18 heavy (non-hydrogen) atoms. The van der Waals surface area contributed by atoms with Crippen molar-refractivity contribution in [2.45, 2.75) is 51.5 Å². The smallest absolute Gasteiger partial charge is 0.186 e. The molecule has 1 aromatic heterocycles. The Morgan fingerprint density at radius 2 is 2.11 bits per heavy atom. The molecule has 2 aliphatic carbocycles. The van der Waals surface area contributed by atoms with E-state index in [1.165, 1.54) is 25.7 Å². The van der Waals surface area contributed by atoms with Gasteiger partial charge in [-0.1, -0.05) is 25.2 Å². The molecule has 0 unspecified atom stereocenters. The van der Waals surface area contributed by atoms with Crippen LogP contribution in [0.1, 0.15) is 60.8 Å². The zero-order valence-corrected chi connectivity index (χ0v) is 11.9. The van der Waals surface area contributed by atoms with E-state index in [1.807, 2.05) is 0 Å². The fourth-order valence-corrected chi connectivity index (χ4v) is 3.42. The van der Waals surface area contributed by atoms with Crippen LogP contribution in [0.2, 0.25) is 0 Å². The second-order valence-electron chi connectivity index (χ2n) is 5.85. The van der Waals surface area contributed by atoms with Crippen LogP contribution in [-0.4, -0.2) is 23.9 Å². The van der Waals surface area contributed by atoms with E-state index >= 15 is 0 Å². The van der Waals surface area contributed by atoms with Crippen LogP contribution in [0.3, 0.4) is 0 Å². The highest BCUT2D eigenvalue weighted by Crippen LogP contribution is 2.40. The molecule has 3 nitrogen and oxygen atoms in total. The molecule has 0 N–H and O–H groups in total. The lowest BCUT2D eigenvalue weighted by Crippen LogP contribution is -2.27. The van der Waals surface area contributed by atoms with E-state index in [0.29, 0.717) is 12.0 Å². The van der Waals surface area contributed by atoms with E-state index in [0.717, 1.165) is 34.5 Å². The van der Waals surface area contributed by atoms with Crippen LogP contribution in [0.5, 0.6) is 0 Å². The van der Waals surface area contributed by atoms with Crippen LogP contribution in [0.4, 0.5) is 5.13 Å². The topological polar surface area (TPSA) is 33.2 Å². The zero-order chi connectivity index (χ0) is 12.7. The third kappa shape index (κ3) is 2.44. The van der Waals surface area contributed by atoms with Crippen LogP contribution in [0, 0.1) is 5.92 Å². The summed E-state index contributed by atoms with van der Waals surface area (Å²) in [6.45, 7) is 5.36. The van der Waals surface area contributed by atoms with Crippen molar-refractivity contribution >= 4 is 22.8 Å². The van der Waals surface area contributed by atoms with Crippen molar-refractivity contribution in [1.82, 2.24) is 4.98 Å². The number of thiazole rings is 1. The van der Waals surface area contributed by atoms with E-state index < -0.39 is 0 Å². The van der Waals surface area contributed by atoms with Gasteiger partial charge >= 0.3 is 0 Å². The van der Waals surface area contributed by atoms with Crippen molar-refractivity contribution in [3.05, 3.63) is 10.6 Å². The SMILES string of the molecule is CC(C)c1nc(N(CC2CC2)C2CC2)sc1C=O. The quantitative estimate of drug-likeness (QED) is 0.738. The number of anilines is 1. The van der Waals surface area contributed by atoms with E-state index in [9.17, 15) is 4.79 Å². The van der Waals surface area contributed by atoms with Crippen molar-refractivity contribution in [2.75, 3.05) is 11.4 Å². The number of rotatable bonds is 6. The molecule has 3 rings (SSSR count). The van der Waals surface area contributed by atoms with Gasteiger partial charge in [0.1, 0.15) is 0 Å². The molecule has 0 atom stereocenters. The van der Waals surface area contributed by atoms with E-state index in [-0.39, 0.29) is 0 Å². The number of nitrogens with zero attached hydrogens (tertiary/aromatic N) is 2. The van der Waals surface area contributed by atoms with Crippen LogP contribution < -0.4 is 4.90 Å². The first-order valence-corrected chi connectivity index (χ1v) is 7.73. The number of hydrogen-bond acceptors (Lipinski definition) is 4. The number of aldehydes is 1. The minimum absolute atomic E-state index is 0.331. The molecule has 0 bridgehead atoms. The van der Waals surface area contributed by atoms with Gasteiger partial charge in [0.25, 0.3) is 0 Å². The Hall–Kier alpha value is -0.900. The van der Waals surface area contributed by atoms with Crippen LogP contribution in [0.25, 0.3) is 0 Å². The largest absolute Gasteiger partial charge is 0.345 e. The first-order valence-electron chi connectivity index (χ1n) is 6.91. The summed E-state index contributed by atoms with van der Waals surface area (Å²) in [7, 11) is 0. The van der Waals surface area contributed by atoms with Crippen molar-refractivity contribution in [3.8, 4) is 0 Å². The molecule has 0 aromatic carbocycles. The van der Waals surface area contributed by atoms with Gasteiger partial charge < -0.3 is 4.90 Å². The van der Waals surface area contributed by atoms with Gasteiger partial charge in [0.05, 0.1) is 10.6 Å². The molecular formula is C14H20N2OS. The fourth-order valence-electron chi connectivity index (χ4n) is 2.30. The van der Waals surface area contributed by atoms with Crippen LogP contribution >= 0.6 is 11.3 Å². The number of aromatic nitrogens is 1. The van der Waals surface area contributed by atoms with Crippen molar-refractivity contribution in [2.24, 2.45) is 5.92 Å². The lowest BCUT2D eigenvalue weighted by molar-refractivity contribution is 0.112. The highest BCUT2D eigenvalue weighted by molar-refractivity contribution is 7.17. The monoisotopic (exact) mass is 264 g/mol. The van der Waals surface area contributed by atoms with Gasteiger partial charge in [-0.05, 0) is 37.5 Å². The van der Waals surface area contributed by atoms with Crippen molar-refractivity contribution in [3.63, 3.8) is 0 Å². The highest BCUT2D eigenvalue weighted by Gasteiger charge is 2.35. The van der Waals surface area contributed by atoms with Gasteiger partial charge in [0.2, 0.25) is 0 Å². The Morgan fingerprint density at radius 3 is 2.56 bits per heavy atom. The molecular weight excluding hydrogens is 244 g/mol. The summed E-state index contributed by atoms with van der Waals surface area (Å²) < 4.78 is 0. The predicted octanol–water partition coefficient (Wildman–Crippen LogP) is 3.46. The number of carbonyl (C=O) groups excluding carboxylic acids is 1.